The van der Waals surface area contributed by atoms with E-state index in [9.17, 15) is 4.79 Å². The lowest BCUT2D eigenvalue weighted by atomic mass is 10.1. The van der Waals surface area contributed by atoms with E-state index in [-0.39, 0.29) is 11.9 Å². The number of benzene rings is 1. The number of carbonyl (C=O) groups is 1. The van der Waals surface area contributed by atoms with Gasteiger partial charge in [-0.15, -0.1) is 0 Å². The zero-order chi connectivity index (χ0) is 15.9. The lowest BCUT2D eigenvalue weighted by Gasteiger charge is -2.13. The molecular formula is C15H16N4O2S. The fourth-order valence-corrected chi connectivity index (χ4v) is 2.69. The molecule has 3 rings (SSSR count). The van der Waals surface area contributed by atoms with Crippen LogP contribution in [0.3, 0.4) is 0 Å². The minimum absolute atomic E-state index is 0.130. The van der Waals surface area contributed by atoms with E-state index in [0.717, 1.165) is 16.8 Å². The number of H-pyrrole nitrogens is 1. The predicted molar refractivity (Wildman–Crippen MR) is 85.2 cm³/mol. The highest BCUT2D eigenvalue weighted by Gasteiger charge is 2.16. The summed E-state index contributed by atoms with van der Waals surface area (Å²) in [5, 5.41) is 7.26. The summed E-state index contributed by atoms with van der Waals surface area (Å²) >= 11 is 4.94. The van der Waals surface area contributed by atoms with Crippen molar-refractivity contribution in [3.63, 3.8) is 0 Å². The van der Waals surface area contributed by atoms with Crippen LogP contribution in [-0.4, -0.2) is 20.7 Å². The summed E-state index contributed by atoms with van der Waals surface area (Å²) in [4.78, 5) is 15.6. The Hall–Kier alpha value is -2.41. The van der Waals surface area contributed by atoms with Crippen LogP contribution in [0.2, 0.25) is 0 Å². The Morgan fingerprint density at radius 1 is 1.50 bits per heavy atom. The van der Waals surface area contributed by atoms with Gasteiger partial charge in [-0.3, -0.25) is 9.48 Å². The normalized spacial score (nSPS) is 12.5. The first-order valence-electron chi connectivity index (χ1n) is 6.88. The van der Waals surface area contributed by atoms with Gasteiger partial charge in [-0.25, -0.2) is 0 Å². The molecule has 6 nitrogen and oxygen atoms in total. The number of aromatic amines is 1. The van der Waals surface area contributed by atoms with Crippen LogP contribution in [0.5, 0.6) is 0 Å². The average molecular weight is 316 g/mol. The van der Waals surface area contributed by atoms with Gasteiger partial charge in [-0.1, -0.05) is 0 Å². The fraction of sp³-hybridized carbons (Fsp3) is 0.267. The molecule has 0 saturated heterocycles. The van der Waals surface area contributed by atoms with Crippen molar-refractivity contribution < 1.29 is 9.21 Å². The second kappa shape index (κ2) is 5.42. The molecule has 7 heteroatoms. The first kappa shape index (κ1) is 14.5. The molecule has 0 aliphatic rings. The van der Waals surface area contributed by atoms with Crippen molar-refractivity contribution in [3.05, 3.63) is 46.1 Å². The second-order valence-electron chi connectivity index (χ2n) is 5.26. The number of fused-ring (bicyclic) bond motifs is 1. The van der Waals surface area contributed by atoms with Crippen LogP contribution < -0.4 is 5.32 Å². The SMILES string of the molecule is Cc1nn(C)cc1[C@@H](C)NC(=O)c1ccc2[nH]c(=S)oc2c1. The van der Waals surface area contributed by atoms with Gasteiger partial charge in [0.25, 0.3) is 10.7 Å². The number of aromatic nitrogens is 3. The number of aryl methyl sites for hydroxylation is 2. The minimum Gasteiger partial charge on any atom is -0.429 e. The molecule has 0 fully saturated rings. The molecule has 1 amide bonds. The molecule has 0 saturated carbocycles. The van der Waals surface area contributed by atoms with Gasteiger partial charge in [-0.2, -0.15) is 5.10 Å². The van der Waals surface area contributed by atoms with Gasteiger partial charge in [-0.05, 0) is 44.3 Å². The van der Waals surface area contributed by atoms with Crippen LogP contribution in [0.15, 0.2) is 28.8 Å². The zero-order valence-corrected chi connectivity index (χ0v) is 13.3. The second-order valence-corrected chi connectivity index (χ2v) is 5.63. The van der Waals surface area contributed by atoms with E-state index < -0.39 is 0 Å². The molecule has 1 aromatic carbocycles. The highest BCUT2D eigenvalue weighted by Crippen LogP contribution is 2.18. The van der Waals surface area contributed by atoms with Gasteiger partial charge in [0.1, 0.15) is 0 Å². The van der Waals surface area contributed by atoms with Crippen LogP contribution in [-0.2, 0) is 7.05 Å². The zero-order valence-electron chi connectivity index (χ0n) is 12.5. The van der Waals surface area contributed by atoms with E-state index in [2.05, 4.69) is 15.4 Å². The molecule has 2 heterocycles. The predicted octanol–water partition coefficient (Wildman–Crippen LogP) is 3.02. The fourth-order valence-electron chi connectivity index (χ4n) is 2.49. The van der Waals surface area contributed by atoms with Crippen LogP contribution >= 0.6 is 12.2 Å². The molecule has 0 bridgehead atoms. The minimum atomic E-state index is -0.167. The van der Waals surface area contributed by atoms with Crippen molar-refractivity contribution in [2.24, 2.45) is 7.05 Å². The number of nitrogens with zero attached hydrogens (tertiary/aromatic N) is 2. The number of rotatable bonds is 3. The van der Waals surface area contributed by atoms with Crippen molar-refractivity contribution in [1.82, 2.24) is 20.1 Å². The standard InChI is InChI=1S/C15H16N4O2S/c1-8(11-7-19(3)18-9(11)2)16-14(20)10-4-5-12-13(6-10)21-15(22)17-12/h4-8H,1-3H3,(H,16,20)(H,17,22)/t8-/m1/s1. The summed E-state index contributed by atoms with van der Waals surface area (Å²) in [5.74, 6) is -0.167. The Labute approximate surface area is 132 Å². The Bertz CT molecular complexity index is 906. The van der Waals surface area contributed by atoms with Crippen LogP contribution in [0, 0.1) is 11.8 Å². The lowest BCUT2D eigenvalue weighted by molar-refractivity contribution is 0.0940. The molecule has 1 atom stereocenters. The molecule has 3 aromatic rings. The largest absolute Gasteiger partial charge is 0.429 e. The monoisotopic (exact) mass is 316 g/mol. The maximum Gasteiger partial charge on any atom is 0.266 e. The number of hydrogen-bond acceptors (Lipinski definition) is 4. The van der Waals surface area contributed by atoms with Crippen LogP contribution in [0.25, 0.3) is 11.1 Å². The van der Waals surface area contributed by atoms with Crippen LogP contribution in [0.4, 0.5) is 0 Å². The number of amides is 1. The Kier molecular flexibility index (Phi) is 3.58. The van der Waals surface area contributed by atoms with Crippen molar-refractivity contribution >= 4 is 29.2 Å². The lowest BCUT2D eigenvalue weighted by Crippen LogP contribution is -2.26. The summed E-state index contributed by atoms with van der Waals surface area (Å²) in [6.45, 7) is 3.86. The molecule has 2 aromatic heterocycles. The Morgan fingerprint density at radius 2 is 2.27 bits per heavy atom. The first-order chi connectivity index (χ1) is 10.4. The van der Waals surface area contributed by atoms with Crippen molar-refractivity contribution in [1.29, 1.82) is 0 Å². The molecule has 0 spiro atoms. The van der Waals surface area contributed by atoms with E-state index in [4.69, 9.17) is 16.6 Å². The Morgan fingerprint density at radius 3 is 2.95 bits per heavy atom. The maximum atomic E-state index is 12.4. The van der Waals surface area contributed by atoms with Gasteiger partial charge >= 0.3 is 0 Å². The number of carbonyl (C=O) groups excluding carboxylic acids is 1. The average Bonchev–Trinajstić information content (AvgIpc) is 2.98. The first-order valence-corrected chi connectivity index (χ1v) is 7.29. The van der Waals surface area contributed by atoms with E-state index >= 15 is 0 Å². The van der Waals surface area contributed by atoms with E-state index in [1.54, 1.807) is 22.9 Å². The molecule has 0 radical (unpaired) electrons. The van der Waals surface area contributed by atoms with Crippen LogP contribution in [0.1, 0.15) is 34.6 Å². The molecule has 0 aliphatic carbocycles. The third-order valence-electron chi connectivity index (χ3n) is 3.55. The quantitative estimate of drug-likeness (QED) is 0.728. The number of hydrogen-bond donors (Lipinski definition) is 2. The van der Waals surface area contributed by atoms with Crippen molar-refractivity contribution in [2.75, 3.05) is 0 Å². The molecular weight excluding hydrogens is 300 g/mol. The third kappa shape index (κ3) is 2.67. The van der Waals surface area contributed by atoms with E-state index in [1.807, 2.05) is 27.1 Å². The summed E-state index contributed by atoms with van der Waals surface area (Å²) in [6, 6.07) is 5.07. The van der Waals surface area contributed by atoms with Crippen molar-refractivity contribution in [2.45, 2.75) is 19.9 Å². The third-order valence-corrected chi connectivity index (χ3v) is 3.73. The Balaban J connectivity index is 1.83. The number of nitrogens with one attached hydrogen (secondary N) is 2. The highest BCUT2D eigenvalue weighted by molar-refractivity contribution is 7.71. The summed E-state index contributed by atoms with van der Waals surface area (Å²) in [6.07, 6.45) is 1.91. The van der Waals surface area contributed by atoms with Gasteiger partial charge in [0, 0.05) is 24.4 Å². The summed E-state index contributed by atoms with van der Waals surface area (Å²) in [5.41, 5.74) is 3.78. The van der Waals surface area contributed by atoms with Crippen molar-refractivity contribution in [3.8, 4) is 0 Å². The van der Waals surface area contributed by atoms with E-state index in [1.165, 1.54) is 0 Å². The topological polar surface area (TPSA) is 75.8 Å². The smallest absolute Gasteiger partial charge is 0.266 e. The van der Waals surface area contributed by atoms with Gasteiger partial charge in [0.2, 0.25) is 0 Å². The summed E-state index contributed by atoms with van der Waals surface area (Å²) < 4.78 is 7.08. The molecule has 114 valence electrons. The van der Waals surface area contributed by atoms with Gasteiger partial charge < -0.3 is 14.7 Å². The molecule has 22 heavy (non-hydrogen) atoms. The highest BCUT2D eigenvalue weighted by atomic mass is 32.1. The number of oxazole rings is 1. The van der Waals surface area contributed by atoms with E-state index in [0.29, 0.717) is 16.0 Å². The molecule has 0 unspecified atom stereocenters. The summed E-state index contributed by atoms with van der Waals surface area (Å²) in [7, 11) is 1.86. The van der Waals surface area contributed by atoms with Gasteiger partial charge in [0.15, 0.2) is 5.58 Å². The maximum absolute atomic E-state index is 12.4. The van der Waals surface area contributed by atoms with Gasteiger partial charge in [0.05, 0.1) is 17.3 Å². The molecule has 2 N–H and O–H groups in total. The molecule has 0 aliphatic heterocycles.